The van der Waals surface area contributed by atoms with Gasteiger partial charge in [-0.2, -0.15) is 5.10 Å². The van der Waals surface area contributed by atoms with E-state index in [1.165, 1.54) is 0 Å². The third kappa shape index (κ3) is 2.49. The molecule has 3 nitrogen and oxygen atoms in total. The van der Waals surface area contributed by atoms with Gasteiger partial charge in [-0.3, -0.25) is 4.68 Å². The minimum Gasteiger partial charge on any atom is -0.504 e. The highest BCUT2D eigenvalue weighted by atomic mass is 16.3. The molecule has 0 saturated carbocycles. The van der Waals surface area contributed by atoms with Crippen LogP contribution in [0.1, 0.15) is 19.4 Å². The minimum absolute atomic E-state index is 0.250. The highest BCUT2D eigenvalue weighted by Gasteiger charge is 2.12. The molecule has 3 heteroatoms. The summed E-state index contributed by atoms with van der Waals surface area (Å²) in [6, 6.07) is 7.96. The van der Waals surface area contributed by atoms with E-state index in [2.05, 4.69) is 18.9 Å². The summed E-state index contributed by atoms with van der Waals surface area (Å²) in [6.45, 7) is 7.11. The summed E-state index contributed by atoms with van der Waals surface area (Å²) in [5.74, 6) is 0.763. The highest BCUT2D eigenvalue weighted by Crippen LogP contribution is 2.29. The van der Waals surface area contributed by atoms with Crippen LogP contribution in [0.2, 0.25) is 0 Å². The first-order valence-electron chi connectivity index (χ1n) is 5.90. The molecule has 0 radical (unpaired) electrons. The Bertz CT molecular complexity index is 515. The third-order valence-electron chi connectivity index (χ3n) is 2.69. The van der Waals surface area contributed by atoms with E-state index < -0.39 is 0 Å². The van der Waals surface area contributed by atoms with Crippen molar-refractivity contribution in [1.82, 2.24) is 9.78 Å². The van der Waals surface area contributed by atoms with Gasteiger partial charge in [-0.05, 0) is 18.4 Å². The lowest BCUT2D eigenvalue weighted by atomic mass is 10.1. The SMILES string of the molecule is Cc1ccccc1-c1nn(CC(C)C)cc1O. The lowest BCUT2D eigenvalue weighted by Crippen LogP contribution is -2.04. The zero-order valence-electron chi connectivity index (χ0n) is 10.5. The Morgan fingerprint density at radius 1 is 1.29 bits per heavy atom. The second kappa shape index (κ2) is 4.62. The van der Waals surface area contributed by atoms with Crippen LogP contribution in [0.3, 0.4) is 0 Å². The number of benzene rings is 1. The predicted octanol–water partition coefficient (Wildman–Crippen LogP) is 3.22. The molecule has 17 heavy (non-hydrogen) atoms. The van der Waals surface area contributed by atoms with Gasteiger partial charge in [-0.1, -0.05) is 38.1 Å². The first-order valence-corrected chi connectivity index (χ1v) is 5.90. The molecule has 0 atom stereocenters. The molecule has 2 aromatic rings. The van der Waals surface area contributed by atoms with Crippen molar-refractivity contribution < 1.29 is 5.11 Å². The van der Waals surface area contributed by atoms with Crippen molar-refractivity contribution >= 4 is 0 Å². The Morgan fingerprint density at radius 3 is 2.65 bits per heavy atom. The Labute approximate surface area is 102 Å². The first-order chi connectivity index (χ1) is 8.08. The van der Waals surface area contributed by atoms with Crippen LogP contribution < -0.4 is 0 Å². The molecule has 0 bridgehead atoms. The lowest BCUT2D eigenvalue weighted by molar-refractivity contribution is 0.463. The normalized spacial score (nSPS) is 11.1. The third-order valence-corrected chi connectivity index (χ3v) is 2.69. The number of aromatic hydroxyl groups is 1. The quantitative estimate of drug-likeness (QED) is 0.879. The molecule has 0 aliphatic heterocycles. The first kappa shape index (κ1) is 11.7. The van der Waals surface area contributed by atoms with Gasteiger partial charge in [-0.25, -0.2) is 0 Å². The van der Waals surface area contributed by atoms with Crippen molar-refractivity contribution in [1.29, 1.82) is 0 Å². The smallest absolute Gasteiger partial charge is 0.161 e. The van der Waals surface area contributed by atoms with Crippen molar-refractivity contribution in [3.63, 3.8) is 0 Å². The molecule has 2 rings (SSSR count). The minimum atomic E-state index is 0.250. The van der Waals surface area contributed by atoms with Gasteiger partial charge in [0.1, 0.15) is 5.69 Å². The molecule has 1 N–H and O–H groups in total. The number of rotatable bonds is 3. The van der Waals surface area contributed by atoms with Crippen molar-refractivity contribution in [2.75, 3.05) is 0 Å². The van der Waals surface area contributed by atoms with E-state index in [4.69, 9.17) is 0 Å². The molecule has 0 fully saturated rings. The average molecular weight is 230 g/mol. The summed E-state index contributed by atoms with van der Waals surface area (Å²) >= 11 is 0. The lowest BCUT2D eigenvalue weighted by Gasteiger charge is -2.04. The van der Waals surface area contributed by atoms with Gasteiger partial charge in [0.25, 0.3) is 0 Å². The van der Waals surface area contributed by atoms with Crippen LogP contribution >= 0.6 is 0 Å². The second-order valence-electron chi connectivity index (χ2n) is 4.79. The van der Waals surface area contributed by atoms with Crippen LogP contribution in [0.4, 0.5) is 0 Å². The van der Waals surface area contributed by atoms with E-state index in [0.29, 0.717) is 11.6 Å². The van der Waals surface area contributed by atoms with E-state index in [-0.39, 0.29) is 5.75 Å². The van der Waals surface area contributed by atoms with Crippen molar-refractivity contribution in [3.05, 3.63) is 36.0 Å². The van der Waals surface area contributed by atoms with Gasteiger partial charge in [-0.15, -0.1) is 0 Å². The zero-order valence-corrected chi connectivity index (χ0v) is 10.5. The molecule has 0 aliphatic rings. The fraction of sp³-hybridized carbons (Fsp3) is 0.357. The molecular formula is C14H18N2O. The predicted molar refractivity (Wildman–Crippen MR) is 68.9 cm³/mol. The summed E-state index contributed by atoms with van der Waals surface area (Å²) in [5.41, 5.74) is 2.79. The van der Waals surface area contributed by atoms with Gasteiger partial charge >= 0.3 is 0 Å². The van der Waals surface area contributed by atoms with Crippen LogP contribution in [-0.4, -0.2) is 14.9 Å². The Hall–Kier alpha value is -1.77. The molecular weight excluding hydrogens is 212 g/mol. The monoisotopic (exact) mass is 230 g/mol. The molecule has 0 saturated heterocycles. The fourth-order valence-corrected chi connectivity index (χ4v) is 1.91. The highest BCUT2D eigenvalue weighted by molar-refractivity contribution is 5.68. The maximum Gasteiger partial charge on any atom is 0.161 e. The molecule has 1 aromatic carbocycles. The molecule has 0 spiro atoms. The second-order valence-corrected chi connectivity index (χ2v) is 4.79. The average Bonchev–Trinajstić information content (AvgIpc) is 2.59. The molecule has 1 heterocycles. The summed E-state index contributed by atoms with van der Waals surface area (Å²) < 4.78 is 1.81. The van der Waals surface area contributed by atoms with Gasteiger partial charge < -0.3 is 5.11 Å². The van der Waals surface area contributed by atoms with E-state index in [1.807, 2.05) is 35.9 Å². The van der Waals surface area contributed by atoms with Crippen LogP contribution in [-0.2, 0) is 6.54 Å². The van der Waals surface area contributed by atoms with Crippen molar-refractivity contribution in [3.8, 4) is 17.0 Å². The Morgan fingerprint density at radius 2 is 2.00 bits per heavy atom. The summed E-state index contributed by atoms with van der Waals surface area (Å²) in [5, 5.41) is 14.4. The molecule has 1 aromatic heterocycles. The topological polar surface area (TPSA) is 38.0 Å². The number of hydrogen-bond donors (Lipinski definition) is 1. The van der Waals surface area contributed by atoms with Crippen LogP contribution in [0.15, 0.2) is 30.5 Å². The zero-order chi connectivity index (χ0) is 12.4. The number of hydrogen-bond acceptors (Lipinski definition) is 2. The summed E-state index contributed by atoms with van der Waals surface area (Å²) in [4.78, 5) is 0. The van der Waals surface area contributed by atoms with Crippen LogP contribution in [0.5, 0.6) is 5.75 Å². The Kier molecular flexibility index (Phi) is 3.18. The van der Waals surface area contributed by atoms with E-state index in [1.54, 1.807) is 6.20 Å². The van der Waals surface area contributed by atoms with Crippen LogP contribution in [0, 0.1) is 12.8 Å². The largest absolute Gasteiger partial charge is 0.504 e. The molecule has 90 valence electrons. The van der Waals surface area contributed by atoms with Gasteiger partial charge in [0.2, 0.25) is 0 Å². The maximum absolute atomic E-state index is 9.94. The van der Waals surface area contributed by atoms with Crippen LogP contribution in [0.25, 0.3) is 11.3 Å². The Balaban J connectivity index is 2.40. The van der Waals surface area contributed by atoms with E-state index in [0.717, 1.165) is 17.7 Å². The summed E-state index contributed by atoms with van der Waals surface area (Å²) in [6.07, 6.45) is 1.70. The van der Waals surface area contributed by atoms with Gasteiger partial charge in [0.05, 0.1) is 6.20 Å². The van der Waals surface area contributed by atoms with Crippen molar-refractivity contribution in [2.24, 2.45) is 5.92 Å². The van der Waals surface area contributed by atoms with E-state index >= 15 is 0 Å². The molecule has 0 unspecified atom stereocenters. The van der Waals surface area contributed by atoms with Gasteiger partial charge in [0, 0.05) is 12.1 Å². The maximum atomic E-state index is 9.94. The molecule has 0 amide bonds. The standard InChI is InChI=1S/C14H18N2O/c1-10(2)8-16-9-13(17)14(15-16)12-7-5-4-6-11(12)3/h4-7,9-10,17H,8H2,1-3H3. The van der Waals surface area contributed by atoms with Crippen molar-refractivity contribution in [2.45, 2.75) is 27.3 Å². The molecule has 0 aliphatic carbocycles. The van der Waals surface area contributed by atoms with Gasteiger partial charge in [0.15, 0.2) is 5.75 Å². The number of nitrogens with zero attached hydrogens (tertiary/aromatic N) is 2. The fourth-order valence-electron chi connectivity index (χ4n) is 1.91. The number of aryl methyl sites for hydroxylation is 1. The van der Waals surface area contributed by atoms with E-state index in [9.17, 15) is 5.11 Å². The summed E-state index contributed by atoms with van der Waals surface area (Å²) in [7, 11) is 0. The number of aromatic nitrogens is 2.